The predicted molar refractivity (Wildman–Crippen MR) is 139 cm³/mol. The van der Waals surface area contributed by atoms with Crippen molar-refractivity contribution in [3.63, 3.8) is 0 Å². The van der Waals surface area contributed by atoms with E-state index in [4.69, 9.17) is 9.16 Å². The number of amides is 2. The van der Waals surface area contributed by atoms with Crippen molar-refractivity contribution >= 4 is 42.3 Å². The number of carbonyl (C=O) groups is 2. The Hall–Kier alpha value is -2.88. The van der Waals surface area contributed by atoms with E-state index in [2.05, 4.69) is 33.9 Å². The highest BCUT2D eigenvalue weighted by Gasteiger charge is 2.72. The Kier molecular flexibility index (Phi) is 5.38. The highest BCUT2D eigenvalue weighted by Crippen LogP contribution is 2.59. The van der Waals surface area contributed by atoms with E-state index >= 15 is 0 Å². The van der Waals surface area contributed by atoms with Crippen LogP contribution in [0.4, 0.5) is 11.4 Å². The van der Waals surface area contributed by atoms with Gasteiger partial charge in [-0.15, -0.1) is 0 Å². The number of carbonyl (C=O) groups excluding carboxylic acids is 2. The van der Waals surface area contributed by atoms with Gasteiger partial charge in [-0.1, -0.05) is 51.1 Å². The van der Waals surface area contributed by atoms with E-state index in [1.165, 1.54) is 17.0 Å². The number of fused-ring (bicyclic) bond motifs is 6. The molecule has 190 valence electrons. The van der Waals surface area contributed by atoms with Crippen molar-refractivity contribution in [3.8, 4) is 0 Å². The third kappa shape index (κ3) is 3.40. The molecule has 0 N–H and O–H groups in total. The van der Waals surface area contributed by atoms with Crippen molar-refractivity contribution in [3.05, 3.63) is 58.7 Å². The molecule has 36 heavy (non-hydrogen) atoms. The van der Waals surface area contributed by atoms with Gasteiger partial charge in [-0.25, -0.2) is 4.90 Å². The molecule has 0 spiro atoms. The first-order valence-corrected chi connectivity index (χ1v) is 15.2. The maximum Gasteiger partial charge on any atom is 0.277 e. The van der Waals surface area contributed by atoms with E-state index in [0.717, 1.165) is 0 Å². The van der Waals surface area contributed by atoms with Crippen LogP contribution in [0.5, 0.6) is 0 Å². The van der Waals surface area contributed by atoms with Gasteiger partial charge in [-0.05, 0) is 37.2 Å². The number of benzene rings is 2. The minimum absolute atomic E-state index is 0.0523. The smallest absolute Gasteiger partial charge is 0.277 e. The predicted octanol–water partition coefficient (Wildman–Crippen LogP) is 5.36. The van der Waals surface area contributed by atoms with Crippen LogP contribution >= 0.6 is 0 Å². The Morgan fingerprint density at radius 1 is 1.06 bits per heavy atom. The fraction of sp³-hybridized carbons (Fsp3) is 0.481. The van der Waals surface area contributed by atoms with Crippen molar-refractivity contribution in [1.29, 1.82) is 0 Å². The van der Waals surface area contributed by atoms with Gasteiger partial charge in [-0.3, -0.25) is 19.7 Å². The Labute approximate surface area is 211 Å². The number of anilines is 1. The van der Waals surface area contributed by atoms with Crippen LogP contribution in [0.3, 0.4) is 0 Å². The molecule has 0 aromatic heterocycles. The van der Waals surface area contributed by atoms with Gasteiger partial charge >= 0.3 is 0 Å². The van der Waals surface area contributed by atoms with E-state index in [1.807, 2.05) is 19.1 Å². The molecule has 2 fully saturated rings. The number of nitrogens with zero attached hydrogens (tertiary/aromatic N) is 2. The standard InChI is InChI=1S/C27H32N2O6Si/c1-25(2,3)36(5,6)34-16-15-27-14-13-26(4,35-27)21-22(27)24(31)28(23(21)30)19-11-12-20(29(32)33)18-10-8-7-9-17(18)19/h7-14,21-22H,15-16H2,1-6H3/t21-,22+,26?,27-/m0/s1. The third-order valence-electron chi connectivity index (χ3n) is 8.63. The summed E-state index contributed by atoms with van der Waals surface area (Å²) in [6.07, 6.45) is 4.32. The van der Waals surface area contributed by atoms with Gasteiger partial charge in [0.25, 0.3) is 5.69 Å². The fourth-order valence-corrected chi connectivity index (χ4v) is 6.73. The number of imide groups is 1. The summed E-state index contributed by atoms with van der Waals surface area (Å²) < 4.78 is 12.8. The first kappa shape index (κ1) is 24.8. The van der Waals surface area contributed by atoms with Crippen molar-refractivity contribution in [2.45, 2.75) is 63.5 Å². The number of non-ortho nitro benzene ring substituents is 1. The summed E-state index contributed by atoms with van der Waals surface area (Å²) in [6, 6.07) is 9.66. The average molecular weight is 509 g/mol. The maximum atomic E-state index is 13.9. The van der Waals surface area contributed by atoms with E-state index in [-0.39, 0.29) is 22.5 Å². The van der Waals surface area contributed by atoms with E-state index < -0.39 is 36.3 Å². The van der Waals surface area contributed by atoms with Crippen LogP contribution in [0.25, 0.3) is 10.8 Å². The van der Waals surface area contributed by atoms with E-state index in [0.29, 0.717) is 29.5 Å². The number of nitro benzene ring substituents is 1. The van der Waals surface area contributed by atoms with Crippen LogP contribution in [0.15, 0.2) is 48.6 Å². The lowest BCUT2D eigenvalue weighted by Crippen LogP contribution is -2.44. The first-order valence-electron chi connectivity index (χ1n) is 12.3. The van der Waals surface area contributed by atoms with Gasteiger partial charge in [-0.2, -0.15) is 0 Å². The number of rotatable bonds is 6. The zero-order valence-corrected chi connectivity index (χ0v) is 22.5. The lowest BCUT2D eigenvalue weighted by Gasteiger charge is -2.37. The molecule has 2 aromatic rings. The Bertz CT molecular complexity index is 1330. The van der Waals surface area contributed by atoms with Crippen LogP contribution in [-0.2, 0) is 18.8 Å². The lowest BCUT2D eigenvalue weighted by molar-refractivity contribution is -0.383. The first-order chi connectivity index (χ1) is 16.7. The van der Waals surface area contributed by atoms with Crippen LogP contribution in [-0.4, -0.2) is 42.9 Å². The second-order valence-electron chi connectivity index (χ2n) is 11.8. The molecular weight excluding hydrogens is 476 g/mol. The number of hydrogen-bond acceptors (Lipinski definition) is 6. The summed E-state index contributed by atoms with van der Waals surface area (Å²) in [5.41, 5.74) is -1.50. The molecule has 2 saturated heterocycles. The molecule has 8 nitrogen and oxygen atoms in total. The molecule has 0 aliphatic carbocycles. The number of ether oxygens (including phenoxy) is 1. The highest BCUT2D eigenvalue weighted by molar-refractivity contribution is 6.74. The second-order valence-corrected chi connectivity index (χ2v) is 16.6. The highest BCUT2D eigenvalue weighted by atomic mass is 28.4. The van der Waals surface area contributed by atoms with Crippen LogP contribution in [0, 0.1) is 22.0 Å². The van der Waals surface area contributed by atoms with Gasteiger partial charge in [0, 0.05) is 24.5 Å². The molecular formula is C27H32N2O6Si. The Balaban J connectivity index is 1.50. The van der Waals surface area contributed by atoms with Crippen LogP contribution in [0.2, 0.25) is 18.1 Å². The molecule has 2 aromatic carbocycles. The summed E-state index contributed by atoms with van der Waals surface area (Å²) >= 11 is 0. The molecule has 4 atom stereocenters. The van der Waals surface area contributed by atoms with Crippen molar-refractivity contribution in [2.75, 3.05) is 11.5 Å². The lowest BCUT2D eigenvalue weighted by atomic mass is 9.71. The average Bonchev–Trinajstić information content (AvgIpc) is 3.36. The topological polar surface area (TPSA) is 99.0 Å². The Morgan fingerprint density at radius 2 is 1.69 bits per heavy atom. The minimum atomic E-state index is -2.00. The molecule has 2 amide bonds. The largest absolute Gasteiger partial charge is 0.417 e. The zero-order valence-electron chi connectivity index (χ0n) is 21.5. The summed E-state index contributed by atoms with van der Waals surface area (Å²) in [6.45, 7) is 13.2. The molecule has 3 aliphatic rings. The normalized spacial score (nSPS) is 29.4. The van der Waals surface area contributed by atoms with E-state index in [1.54, 1.807) is 24.3 Å². The van der Waals surface area contributed by atoms with Gasteiger partial charge in [0.1, 0.15) is 5.60 Å². The molecule has 2 bridgehead atoms. The quantitative estimate of drug-likeness (QED) is 0.171. The summed E-state index contributed by atoms with van der Waals surface area (Å²) in [5, 5.41) is 12.5. The number of nitro groups is 1. The molecule has 3 aliphatic heterocycles. The van der Waals surface area contributed by atoms with Crippen molar-refractivity contribution in [2.24, 2.45) is 11.8 Å². The summed E-state index contributed by atoms with van der Waals surface area (Å²) in [5.74, 6) is -1.98. The summed E-state index contributed by atoms with van der Waals surface area (Å²) in [7, 11) is -2.00. The monoisotopic (exact) mass is 508 g/mol. The number of hydrogen-bond donors (Lipinski definition) is 0. The zero-order chi connectivity index (χ0) is 26.3. The van der Waals surface area contributed by atoms with Gasteiger partial charge < -0.3 is 9.16 Å². The van der Waals surface area contributed by atoms with Gasteiger partial charge in [0.15, 0.2) is 8.32 Å². The SMILES string of the molecule is CC12C=C[C@@](CCO[Si](C)(C)C(C)(C)C)(O1)[C@H]1C(=O)N(c3ccc([N+](=O)[O-])c4ccccc34)C(=O)[C@H]12. The third-order valence-corrected chi connectivity index (χ3v) is 13.2. The van der Waals surface area contributed by atoms with E-state index in [9.17, 15) is 19.7 Å². The van der Waals surface area contributed by atoms with Crippen LogP contribution in [0.1, 0.15) is 34.1 Å². The van der Waals surface area contributed by atoms with Gasteiger partial charge in [0.05, 0.1) is 33.4 Å². The molecule has 0 saturated carbocycles. The molecule has 1 unspecified atom stereocenters. The fourth-order valence-electron chi connectivity index (χ4n) is 5.69. The van der Waals surface area contributed by atoms with Gasteiger partial charge in [0.2, 0.25) is 11.8 Å². The second kappa shape index (κ2) is 7.81. The van der Waals surface area contributed by atoms with Crippen LogP contribution < -0.4 is 4.90 Å². The molecule has 5 rings (SSSR count). The minimum Gasteiger partial charge on any atom is -0.417 e. The molecule has 3 heterocycles. The molecule has 9 heteroatoms. The van der Waals surface area contributed by atoms with Crippen molar-refractivity contribution < 1.29 is 23.7 Å². The molecule has 0 radical (unpaired) electrons. The Morgan fingerprint density at radius 3 is 2.33 bits per heavy atom. The summed E-state index contributed by atoms with van der Waals surface area (Å²) in [4.78, 5) is 40.1. The maximum absolute atomic E-state index is 13.9. The van der Waals surface area contributed by atoms with Crippen molar-refractivity contribution in [1.82, 2.24) is 0 Å².